The average molecular weight is 339 g/mol. The zero-order valence-corrected chi connectivity index (χ0v) is 14.2. The first-order chi connectivity index (χ1) is 10.9. The maximum atomic E-state index is 12.2. The standard InChI is InChI=1S/C14H19ClN6O2/c1-5-20-6-10(13(19-20)14(23)16-4)17-11(22)7-21-9(3)12(15)8(2)18-21/h6H,5,7H2,1-4H3,(H,16,23)(H,17,22). The van der Waals surface area contributed by atoms with E-state index in [0.29, 0.717) is 22.9 Å². The number of rotatable bonds is 5. The van der Waals surface area contributed by atoms with Gasteiger partial charge >= 0.3 is 0 Å². The Morgan fingerprint density at radius 3 is 2.52 bits per heavy atom. The van der Waals surface area contributed by atoms with Crippen molar-refractivity contribution < 1.29 is 9.59 Å². The Labute approximate surface area is 138 Å². The summed E-state index contributed by atoms with van der Waals surface area (Å²) >= 11 is 6.07. The van der Waals surface area contributed by atoms with E-state index >= 15 is 0 Å². The highest BCUT2D eigenvalue weighted by atomic mass is 35.5. The second kappa shape index (κ2) is 6.82. The molecule has 2 aromatic rings. The van der Waals surface area contributed by atoms with Gasteiger partial charge in [0.2, 0.25) is 5.91 Å². The van der Waals surface area contributed by atoms with Crippen molar-refractivity contribution in [2.45, 2.75) is 33.9 Å². The quantitative estimate of drug-likeness (QED) is 0.861. The van der Waals surface area contributed by atoms with Gasteiger partial charge in [-0.25, -0.2) is 0 Å². The fourth-order valence-electron chi connectivity index (χ4n) is 2.12. The van der Waals surface area contributed by atoms with Crippen LogP contribution in [0, 0.1) is 13.8 Å². The first kappa shape index (κ1) is 17.0. The first-order valence-corrected chi connectivity index (χ1v) is 7.54. The van der Waals surface area contributed by atoms with Crippen LogP contribution in [0.5, 0.6) is 0 Å². The molecular formula is C14H19ClN6O2. The number of hydrogen-bond donors (Lipinski definition) is 2. The zero-order chi connectivity index (χ0) is 17.1. The van der Waals surface area contributed by atoms with E-state index in [-0.39, 0.29) is 24.1 Å². The molecule has 0 saturated carbocycles. The highest BCUT2D eigenvalue weighted by Gasteiger charge is 2.18. The van der Waals surface area contributed by atoms with Gasteiger partial charge in [0.1, 0.15) is 6.54 Å². The van der Waals surface area contributed by atoms with Gasteiger partial charge in [0.05, 0.1) is 22.1 Å². The highest BCUT2D eigenvalue weighted by Crippen LogP contribution is 2.19. The molecule has 2 N–H and O–H groups in total. The molecule has 2 heterocycles. The van der Waals surface area contributed by atoms with E-state index in [1.54, 1.807) is 24.7 Å². The van der Waals surface area contributed by atoms with Crippen molar-refractivity contribution in [2.75, 3.05) is 12.4 Å². The molecule has 0 aliphatic carbocycles. The van der Waals surface area contributed by atoms with Crippen LogP contribution < -0.4 is 10.6 Å². The molecule has 0 aliphatic rings. The minimum Gasteiger partial charge on any atom is -0.354 e. The lowest BCUT2D eigenvalue weighted by Crippen LogP contribution is -2.24. The molecule has 0 saturated heterocycles. The molecular weight excluding hydrogens is 320 g/mol. The van der Waals surface area contributed by atoms with Gasteiger partial charge in [-0.15, -0.1) is 0 Å². The molecule has 0 radical (unpaired) electrons. The summed E-state index contributed by atoms with van der Waals surface area (Å²) in [7, 11) is 1.51. The predicted octanol–water partition coefficient (Wildman–Crippen LogP) is 1.37. The number of halogens is 1. The van der Waals surface area contributed by atoms with Gasteiger partial charge in [-0.05, 0) is 20.8 Å². The van der Waals surface area contributed by atoms with E-state index in [0.717, 1.165) is 5.69 Å². The lowest BCUT2D eigenvalue weighted by molar-refractivity contribution is -0.116. The number of carbonyl (C=O) groups excluding carboxylic acids is 2. The summed E-state index contributed by atoms with van der Waals surface area (Å²) in [4.78, 5) is 24.1. The largest absolute Gasteiger partial charge is 0.354 e. The summed E-state index contributed by atoms with van der Waals surface area (Å²) in [5, 5.41) is 14.1. The maximum absolute atomic E-state index is 12.2. The Morgan fingerprint density at radius 2 is 2.00 bits per heavy atom. The summed E-state index contributed by atoms with van der Waals surface area (Å²) in [6.45, 7) is 6.06. The molecule has 23 heavy (non-hydrogen) atoms. The second-order valence-corrected chi connectivity index (χ2v) is 5.39. The third kappa shape index (κ3) is 3.53. The van der Waals surface area contributed by atoms with Crippen molar-refractivity contribution >= 4 is 29.1 Å². The van der Waals surface area contributed by atoms with E-state index in [1.165, 1.54) is 11.7 Å². The molecule has 0 spiro atoms. The third-order valence-corrected chi connectivity index (χ3v) is 3.94. The Hall–Kier alpha value is -2.35. The molecule has 0 bridgehead atoms. The van der Waals surface area contributed by atoms with Crippen LogP contribution in [0.15, 0.2) is 6.20 Å². The molecule has 2 amide bonds. The van der Waals surface area contributed by atoms with Gasteiger partial charge < -0.3 is 10.6 Å². The summed E-state index contributed by atoms with van der Waals surface area (Å²) in [6.07, 6.45) is 1.62. The molecule has 0 atom stereocenters. The summed E-state index contributed by atoms with van der Waals surface area (Å²) in [5.41, 5.74) is 1.93. The number of nitrogens with zero attached hydrogens (tertiary/aromatic N) is 4. The molecule has 2 rings (SSSR count). The van der Waals surface area contributed by atoms with Crippen LogP contribution >= 0.6 is 11.6 Å². The molecule has 0 fully saturated rings. The van der Waals surface area contributed by atoms with Crippen LogP contribution in [0.4, 0.5) is 5.69 Å². The van der Waals surface area contributed by atoms with Gasteiger partial charge in [-0.3, -0.25) is 19.0 Å². The normalized spacial score (nSPS) is 10.7. The van der Waals surface area contributed by atoms with Crippen molar-refractivity contribution in [3.05, 3.63) is 28.3 Å². The second-order valence-electron chi connectivity index (χ2n) is 5.02. The minimum atomic E-state index is -0.360. The molecule has 124 valence electrons. The minimum absolute atomic E-state index is 0.00385. The van der Waals surface area contributed by atoms with Crippen LogP contribution in [0.2, 0.25) is 5.02 Å². The van der Waals surface area contributed by atoms with Gasteiger partial charge in [0.15, 0.2) is 5.69 Å². The van der Waals surface area contributed by atoms with E-state index in [4.69, 9.17) is 11.6 Å². The SMILES string of the molecule is CCn1cc(NC(=O)Cn2nc(C)c(Cl)c2C)c(C(=O)NC)n1. The maximum Gasteiger partial charge on any atom is 0.273 e. The smallest absolute Gasteiger partial charge is 0.273 e. The van der Waals surface area contributed by atoms with E-state index in [2.05, 4.69) is 20.8 Å². The average Bonchev–Trinajstić information content (AvgIpc) is 3.03. The number of nitrogens with one attached hydrogen (secondary N) is 2. The lowest BCUT2D eigenvalue weighted by atomic mass is 10.3. The fraction of sp³-hybridized carbons (Fsp3) is 0.429. The van der Waals surface area contributed by atoms with Gasteiger partial charge in [0.25, 0.3) is 5.91 Å². The van der Waals surface area contributed by atoms with E-state index in [9.17, 15) is 9.59 Å². The molecule has 0 aromatic carbocycles. The number of aromatic nitrogens is 4. The van der Waals surface area contributed by atoms with Crippen LogP contribution in [-0.2, 0) is 17.9 Å². The fourth-order valence-corrected chi connectivity index (χ4v) is 2.25. The Morgan fingerprint density at radius 1 is 1.30 bits per heavy atom. The number of anilines is 1. The summed E-state index contributed by atoms with van der Waals surface area (Å²) < 4.78 is 3.11. The molecule has 8 nitrogen and oxygen atoms in total. The van der Waals surface area contributed by atoms with Crippen molar-refractivity contribution in [3.8, 4) is 0 Å². The van der Waals surface area contributed by atoms with Crippen LogP contribution in [0.25, 0.3) is 0 Å². The topological polar surface area (TPSA) is 93.8 Å². The Kier molecular flexibility index (Phi) is 5.05. The molecule has 9 heteroatoms. The van der Waals surface area contributed by atoms with Gasteiger partial charge in [-0.2, -0.15) is 10.2 Å². The first-order valence-electron chi connectivity index (χ1n) is 7.16. The van der Waals surface area contributed by atoms with E-state index < -0.39 is 0 Å². The Balaban J connectivity index is 2.18. The van der Waals surface area contributed by atoms with Crippen LogP contribution in [0.1, 0.15) is 28.8 Å². The number of carbonyl (C=O) groups is 2. The van der Waals surface area contributed by atoms with Crippen molar-refractivity contribution in [1.82, 2.24) is 24.9 Å². The molecule has 0 unspecified atom stereocenters. The number of hydrogen-bond acceptors (Lipinski definition) is 4. The van der Waals surface area contributed by atoms with Crippen molar-refractivity contribution in [2.24, 2.45) is 0 Å². The summed E-state index contributed by atoms with van der Waals surface area (Å²) in [6, 6.07) is 0. The van der Waals surface area contributed by atoms with Crippen LogP contribution in [-0.4, -0.2) is 38.4 Å². The summed E-state index contributed by atoms with van der Waals surface area (Å²) in [5.74, 6) is -0.672. The number of aryl methyl sites for hydroxylation is 2. The zero-order valence-electron chi connectivity index (χ0n) is 13.5. The lowest BCUT2D eigenvalue weighted by Gasteiger charge is -2.06. The molecule has 0 aliphatic heterocycles. The van der Waals surface area contributed by atoms with Crippen LogP contribution in [0.3, 0.4) is 0 Å². The van der Waals surface area contributed by atoms with Crippen molar-refractivity contribution in [3.63, 3.8) is 0 Å². The highest BCUT2D eigenvalue weighted by molar-refractivity contribution is 6.31. The van der Waals surface area contributed by atoms with Crippen molar-refractivity contribution in [1.29, 1.82) is 0 Å². The predicted molar refractivity (Wildman–Crippen MR) is 86.6 cm³/mol. The van der Waals surface area contributed by atoms with Gasteiger partial charge in [-0.1, -0.05) is 11.6 Å². The number of amides is 2. The monoisotopic (exact) mass is 338 g/mol. The van der Waals surface area contributed by atoms with E-state index in [1.807, 2.05) is 6.92 Å². The molecule has 2 aromatic heterocycles. The third-order valence-electron chi connectivity index (χ3n) is 3.39. The van der Waals surface area contributed by atoms with Gasteiger partial charge in [0, 0.05) is 19.8 Å². The Bertz CT molecular complexity index is 749.